The minimum absolute atomic E-state index is 0.00255. The summed E-state index contributed by atoms with van der Waals surface area (Å²) in [4.78, 5) is 58.2. The second-order valence-electron chi connectivity index (χ2n) is 12.2. The van der Waals surface area contributed by atoms with Gasteiger partial charge in [0.15, 0.2) is 0 Å². The van der Waals surface area contributed by atoms with Crippen LogP contribution in [0.15, 0.2) is 42.5 Å². The summed E-state index contributed by atoms with van der Waals surface area (Å²) in [5.41, 5.74) is 0.697. The lowest BCUT2D eigenvalue weighted by Gasteiger charge is -2.35. The highest BCUT2D eigenvalue weighted by atomic mass is 16.6. The maximum atomic E-state index is 13.6. The largest absolute Gasteiger partial charge is 0.465 e. The van der Waals surface area contributed by atoms with Gasteiger partial charge in [-0.2, -0.15) is 0 Å². The van der Waals surface area contributed by atoms with Crippen LogP contribution in [-0.4, -0.2) is 92.3 Å². The van der Waals surface area contributed by atoms with Crippen molar-refractivity contribution in [1.82, 2.24) is 20.1 Å². The number of amides is 3. The van der Waals surface area contributed by atoms with Crippen molar-refractivity contribution in [3.05, 3.63) is 53.7 Å². The second kappa shape index (κ2) is 13.8. The molecule has 1 aliphatic heterocycles. The monoisotopic (exact) mass is 582 g/mol. The van der Waals surface area contributed by atoms with E-state index in [0.717, 1.165) is 11.1 Å². The fraction of sp³-hybridized carbons (Fsp3) is 0.516. The Kier molecular flexibility index (Phi) is 10.7. The Morgan fingerprint density at radius 2 is 1.60 bits per heavy atom. The molecule has 1 saturated heterocycles. The van der Waals surface area contributed by atoms with E-state index in [0.29, 0.717) is 18.5 Å². The van der Waals surface area contributed by atoms with E-state index >= 15 is 0 Å². The van der Waals surface area contributed by atoms with Gasteiger partial charge in [0.25, 0.3) is 5.91 Å². The summed E-state index contributed by atoms with van der Waals surface area (Å²) in [6, 6.07) is 11.9. The van der Waals surface area contributed by atoms with Gasteiger partial charge in [-0.1, -0.05) is 30.3 Å². The van der Waals surface area contributed by atoms with E-state index in [1.807, 2.05) is 36.4 Å². The lowest BCUT2D eigenvalue weighted by atomic mass is 9.97. The number of aromatic nitrogens is 1. The van der Waals surface area contributed by atoms with Gasteiger partial charge in [-0.3, -0.25) is 14.4 Å². The van der Waals surface area contributed by atoms with Gasteiger partial charge in [0.05, 0.1) is 11.3 Å². The van der Waals surface area contributed by atoms with Gasteiger partial charge in [-0.15, -0.1) is 0 Å². The number of aliphatic hydroxyl groups is 1. The lowest BCUT2D eigenvalue weighted by molar-refractivity contribution is -0.155. The summed E-state index contributed by atoms with van der Waals surface area (Å²) in [6.07, 6.45) is -0.186. The van der Waals surface area contributed by atoms with Crippen LogP contribution in [0.4, 0.5) is 4.79 Å². The summed E-state index contributed by atoms with van der Waals surface area (Å²) in [7, 11) is 0. The van der Waals surface area contributed by atoms with Crippen molar-refractivity contribution in [2.45, 2.75) is 77.5 Å². The molecule has 1 aromatic heterocycles. The molecule has 0 aliphatic carbocycles. The Morgan fingerprint density at radius 3 is 2.17 bits per heavy atom. The Bertz CT molecular complexity index is 1260. The van der Waals surface area contributed by atoms with Gasteiger partial charge in [0.2, 0.25) is 5.91 Å². The van der Waals surface area contributed by atoms with E-state index in [1.165, 1.54) is 9.80 Å². The first kappa shape index (κ1) is 32.5. The highest BCUT2D eigenvalue weighted by Crippen LogP contribution is 2.22. The van der Waals surface area contributed by atoms with Crippen LogP contribution in [0.25, 0.3) is 11.3 Å². The first-order valence-corrected chi connectivity index (χ1v) is 14.2. The molecule has 2 aromatic rings. The normalized spacial score (nSPS) is 14.7. The van der Waals surface area contributed by atoms with Gasteiger partial charge in [0.1, 0.15) is 17.3 Å². The van der Waals surface area contributed by atoms with Crippen LogP contribution in [0.5, 0.6) is 0 Å². The third-order valence-corrected chi connectivity index (χ3v) is 6.74. The van der Waals surface area contributed by atoms with Gasteiger partial charge in [-0.05, 0) is 71.6 Å². The summed E-state index contributed by atoms with van der Waals surface area (Å²) < 4.78 is 5.40. The molecule has 0 radical (unpaired) electrons. The summed E-state index contributed by atoms with van der Waals surface area (Å²) >= 11 is 0. The topological polar surface area (TPSA) is 149 Å². The fourth-order valence-electron chi connectivity index (χ4n) is 4.54. The number of aryl methyl sites for hydroxylation is 1. The molecule has 11 heteroatoms. The molecule has 3 rings (SSSR count). The van der Waals surface area contributed by atoms with Crippen molar-refractivity contribution in [2.24, 2.45) is 0 Å². The molecule has 11 nitrogen and oxygen atoms in total. The van der Waals surface area contributed by atoms with Crippen LogP contribution < -0.4 is 5.32 Å². The molecule has 0 saturated carbocycles. The van der Waals surface area contributed by atoms with Crippen molar-refractivity contribution in [3.63, 3.8) is 0 Å². The zero-order valence-electron chi connectivity index (χ0n) is 25.1. The zero-order chi connectivity index (χ0) is 31.1. The highest BCUT2D eigenvalue weighted by Gasteiger charge is 2.31. The lowest BCUT2D eigenvalue weighted by Crippen LogP contribution is -2.55. The van der Waals surface area contributed by atoms with Crippen LogP contribution >= 0.6 is 0 Å². The summed E-state index contributed by atoms with van der Waals surface area (Å²) in [6.45, 7) is 9.33. The van der Waals surface area contributed by atoms with Gasteiger partial charge in [0, 0.05) is 38.2 Å². The third kappa shape index (κ3) is 10.1. The first-order chi connectivity index (χ1) is 19.6. The maximum Gasteiger partial charge on any atom is 0.407 e. The molecular weight excluding hydrogens is 540 g/mol. The number of hydrogen-bond donors (Lipinski definition) is 3. The summed E-state index contributed by atoms with van der Waals surface area (Å²) in [5, 5.41) is 22.3. The molecule has 0 bridgehead atoms. The quantitative estimate of drug-likeness (QED) is 0.361. The number of nitrogens with zero attached hydrogens (tertiary/aromatic N) is 3. The number of benzene rings is 1. The molecule has 3 N–H and O–H groups in total. The minimum Gasteiger partial charge on any atom is -0.465 e. The number of esters is 1. The van der Waals surface area contributed by atoms with E-state index in [4.69, 9.17) is 4.74 Å². The van der Waals surface area contributed by atoms with Crippen LogP contribution in [0.3, 0.4) is 0 Å². The van der Waals surface area contributed by atoms with Crippen LogP contribution in [0, 0.1) is 0 Å². The number of pyridine rings is 1. The van der Waals surface area contributed by atoms with Crippen molar-refractivity contribution in [3.8, 4) is 11.3 Å². The number of piperazine rings is 1. The van der Waals surface area contributed by atoms with Crippen molar-refractivity contribution in [2.75, 3.05) is 26.2 Å². The number of nitrogens with one attached hydrogen (secondary N) is 1. The zero-order valence-corrected chi connectivity index (χ0v) is 25.1. The van der Waals surface area contributed by atoms with Crippen LogP contribution in [0.2, 0.25) is 0 Å². The molecule has 3 amide bonds. The van der Waals surface area contributed by atoms with E-state index < -0.39 is 41.1 Å². The molecule has 0 spiro atoms. The Morgan fingerprint density at radius 1 is 0.976 bits per heavy atom. The predicted octanol–water partition coefficient (Wildman–Crippen LogP) is 3.49. The van der Waals surface area contributed by atoms with E-state index in [-0.39, 0.29) is 44.7 Å². The Hall–Kier alpha value is -3.99. The number of rotatable bonds is 10. The molecule has 2 heterocycles. The van der Waals surface area contributed by atoms with Gasteiger partial charge >= 0.3 is 12.1 Å². The molecule has 1 aromatic carbocycles. The predicted molar refractivity (Wildman–Crippen MR) is 157 cm³/mol. The number of carbonyl (C=O) groups excluding carboxylic acids is 3. The standard InChI is InChI=1S/C31H42N4O7/c1-30(2,3)42-26(36)12-11-23(28(38)34-15-17-35(18-16-34)29(39)40)33-27(37)25-20-21(13-14-31(4,5)41)19-24(32-25)22-9-7-6-8-10-22/h6-10,19-20,23,41H,11-18H2,1-5H3,(H,33,37)(H,39,40)/t23-/m0/s1. The molecular formula is C31H42N4O7. The first-order valence-electron chi connectivity index (χ1n) is 14.2. The van der Waals surface area contributed by atoms with Crippen molar-refractivity contribution in [1.29, 1.82) is 0 Å². The highest BCUT2D eigenvalue weighted by molar-refractivity contribution is 5.97. The summed E-state index contributed by atoms with van der Waals surface area (Å²) in [5.74, 6) is -1.48. The van der Waals surface area contributed by atoms with E-state index in [9.17, 15) is 29.4 Å². The molecule has 1 aliphatic rings. The molecule has 1 atom stereocenters. The third-order valence-electron chi connectivity index (χ3n) is 6.74. The second-order valence-corrected chi connectivity index (χ2v) is 12.2. The molecule has 0 unspecified atom stereocenters. The van der Waals surface area contributed by atoms with E-state index in [1.54, 1.807) is 40.7 Å². The molecule has 1 fully saturated rings. The molecule has 228 valence electrons. The van der Waals surface area contributed by atoms with Crippen LogP contribution in [-0.2, 0) is 20.7 Å². The fourth-order valence-corrected chi connectivity index (χ4v) is 4.54. The Labute approximate surface area is 246 Å². The smallest absolute Gasteiger partial charge is 0.407 e. The number of ether oxygens (including phenoxy) is 1. The number of hydrogen-bond acceptors (Lipinski definition) is 7. The SMILES string of the molecule is CC(C)(O)CCc1cc(C(=O)N[C@@H](CCC(=O)OC(C)(C)C)C(=O)N2CCN(C(=O)O)CC2)nc(-c2ccccc2)c1. The Balaban J connectivity index is 1.86. The van der Waals surface area contributed by atoms with Crippen LogP contribution in [0.1, 0.15) is 69.9 Å². The van der Waals surface area contributed by atoms with Crippen molar-refractivity contribution < 1.29 is 34.1 Å². The average Bonchev–Trinajstić information content (AvgIpc) is 2.92. The maximum absolute atomic E-state index is 13.6. The van der Waals surface area contributed by atoms with E-state index in [2.05, 4.69) is 10.3 Å². The van der Waals surface area contributed by atoms with Gasteiger partial charge < -0.3 is 30.1 Å². The number of carboxylic acid groups (broad SMARTS) is 1. The van der Waals surface area contributed by atoms with Crippen molar-refractivity contribution >= 4 is 23.9 Å². The number of carbonyl (C=O) groups is 4. The van der Waals surface area contributed by atoms with Gasteiger partial charge in [-0.25, -0.2) is 9.78 Å². The minimum atomic E-state index is -1.05. The average molecular weight is 583 g/mol. The molecule has 42 heavy (non-hydrogen) atoms.